The van der Waals surface area contributed by atoms with E-state index in [9.17, 15) is 9.59 Å². The Labute approximate surface area is 130 Å². The first kappa shape index (κ1) is 14.9. The van der Waals surface area contributed by atoms with Gasteiger partial charge in [-0.05, 0) is 38.3 Å². The Hall–Kier alpha value is -1.98. The zero-order valence-electron chi connectivity index (χ0n) is 13.2. The Kier molecular flexibility index (Phi) is 3.85. The van der Waals surface area contributed by atoms with Crippen LogP contribution in [0.4, 0.5) is 5.82 Å². The van der Waals surface area contributed by atoms with Crippen molar-refractivity contribution in [1.29, 1.82) is 0 Å². The minimum atomic E-state index is -0.352. The summed E-state index contributed by atoms with van der Waals surface area (Å²) in [6.45, 7) is 5.04. The van der Waals surface area contributed by atoms with Crippen LogP contribution in [0.25, 0.3) is 0 Å². The smallest absolute Gasteiger partial charge is 0.230 e. The molecule has 2 amide bonds. The average Bonchev–Trinajstić information content (AvgIpc) is 2.84. The highest BCUT2D eigenvalue weighted by Gasteiger charge is 2.50. The van der Waals surface area contributed by atoms with E-state index in [1.54, 1.807) is 4.90 Å². The summed E-state index contributed by atoms with van der Waals surface area (Å²) in [5.41, 5.74) is 0.472. The summed E-state index contributed by atoms with van der Waals surface area (Å²) < 4.78 is 0. The van der Waals surface area contributed by atoms with E-state index in [0.717, 1.165) is 31.5 Å². The van der Waals surface area contributed by atoms with Crippen LogP contribution in [0.1, 0.15) is 44.7 Å². The molecule has 2 aliphatic rings. The number of aryl methyl sites for hydroxylation is 1. The van der Waals surface area contributed by atoms with Crippen molar-refractivity contribution in [2.45, 2.75) is 51.5 Å². The largest absolute Gasteiger partial charge is 0.335 e. The highest BCUT2D eigenvalue weighted by Crippen LogP contribution is 2.38. The van der Waals surface area contributed by atoms with Gasteiger partial charge in [-0.15, -0.1) is 5.10 Å². The molecule has 1 atom stereocenters. The molecule has 1 aromatic rings. The lowest BCUT2D eigenvalue weighted by atomic mass is 9.85. The fourth-order valence-corrected chi connectivity index (χ4v) is 3.58. The van der Waals surface area contributed by atoms with Gasteiger partial charge in [-0.1, -0.05) is 6.92 Å². The number of hydrogen-bond donors (Lipinski definition) is 0. The predicted octanol–water partition coefficient (Wildman–Crippen LogP) is 1.68. The highest BCUT2D eigenvalue weighted by molar-refractivity contribution is 5.97. The second kappa shape index (κ2) is 5.66. The van der Waals surface area contributed by atoms with E-state index in [-0.39, 0.29) is 17.4 Å². The van der Waals surface area contributed by atoms with E-state index < -0.39 is 0 Å². The lowest BCUT2D eigenvalue weighted by Crippen LogP contribution is -2.56. The van der Waals surface area contributed by atoms with Crippen LogP contribution in [0.15, 0.2) is 12.1 Å². The summed E-state index contributed by atoms with van der Waals surface area (Å²) in [5, 5.41) is 8.17. The van der Waals surface area contributed by atoms with Crippen LogP contribution in [0.5, 0.6) is 0 Å². The molecule has 22 heavy (non-hydrogen) atoms. The number of nitrogens with zero attached hydrogens (tertiary/aromatic N) is 4. The van der Waals surface area contributed by atoms with Crippen molar-refractivity contribution in [2.24, 2.45) is 0 Å². The molecule has 1 aromatic heterocycles. The monoisotopic (exact) mass is 302 g/mol. The Balaban J connectivity index is 1.88. The van der Waals surface area contributed by atoms with Crippen LogP contribution in [0.2, 0.25) is 0 Å². The van der Waals surface area contributed by atoms with Gasteiger partial charge in [0.1, 0.15) is 0 Å². The molecular weight excluding hydrogens is 280 g/mol. The molecule has 0 aromatic carbocycles. The van der Waals surface area contributed by atoms with Crippen molar-refractivity contribution in [2.75, 3.05) is 18.0 Å². The maximum absolute atomic E-state index is 12.5. The van der Waals surface area contributed by atoms with Gasteiger partial charge in [-0.3, -0.25) is 14.5 Å². The standard InChI is InChI=1S/C16H22N4O2/c1-3-14(21)20-9-5-4-8-16(20)10-15(22)19(11-16)13-7-6-12(2)17-18-13/h6-7H,3-5,8-11H2,1-2H3. The summed E-state index contributed by atoms with van der Waals surface area (Å²) in [6, 6.07) is 3.69. The second-order valence-electron chi connectivity index (χ2n) is 6.27. The second-order valence-corrected chi connectivity index (χ2v) is 6.27. The quantitative estimate of drug-likeness (QED) is 0.833. The summed E-state index contributed by atoms with van der Waals surface area (Å²) in [6.07, 6.45) is 3.86. The molecule has 2 aliphatic heterocycles. The molecule has 118 valence electrons. The van der Waals surface area contributed by atoms with E-state index in [1.807, 2.05) is 30.9 Å². The summed E-state index contributed by atoms with van der Waals surface area (Å²) in [4.78, 5) is 28.4. The van der Waals surface area contributed by atoms with E-state index in [4.69, 9.17) is 0 Å². The van der Waals surface area contributed by atoms with Crippen molar-refractivity contribution in [1.82, 2.24) is 15.1 Å². The van der Waals surface area contributed by atoms with Crippen LogP contribution >= 0.6 is 0 Å². The fourth-order valence-electron chi connectivity index (χ4n) is 3.58. The molecule has 6 heteroatoms. The first-order chi connectivity index (χ1) is 10.6. The number of hydrogen-bond acceptors (Lipinski definition) is 4. The van der Waals surface area contributed by atoms with Gasteiger partial charge in [0.05, 0.1) is 24.2 Å². The lowest BCUT2D eigenvalue weighted by molar-refractivity contribution is -0.139. The third-order valence-electron chi connectivity index (χ3n) is 4.74. The number of carbonyl (C=O) groups is 2. The Bertz CT molecular complexity index is 586. The Morgan fingerprint density at radius 2 is 2.14 bits per heavy atom. The van der Waals surface area contributed by atoms with Crippen LogP contribution in [0, 0.1) is 6.92 Å². The van der Waals surface area contributed by atoms with Gasteiger partial charge in [0.25, 0.3) is 0 Å². The third-order valence-corrected chi connectivity index (χ3v) is 4.74. The van der Waals surface area contributed by atoms with Gasteiger partial charge in [0, 0.05) is 13.0 Å². The first-order valence-electron chi connectivity index (χ1n) is 7.97. The van der Waals surface area contributed by atoms with Gasteiger partial charge >= 0.3 is 0 Å². The Morgan fingerprint density at radius 3 is 2.82 bits per heavy atom. The average molecular weight is 302 g/mol. The van der Waals surface area contributed by atoms with E-state index in [1.165, 1.54) is 0 Å². The Morgan fingerprint density at radius 1 is 1.32 bits per heavy atom. The SMILES string of the molecule is CCC(=O)N1CCCCC12CC(=O)N(c1ccc(C)nn1)C2. The van der Waals surface area contributed by atoms with E-state index >= 15 is 0 Å². The molecule has 1 unspecified atom stereocenters. The number of aromatic nitrogens is 2. The maximum Gasteiger partial charge on any atom is 0.230 e. The third kappa shape index (κ3) is 2.46. The molecule has 3 rings (SSSR count). The molecule has 6 nitrogen and oxygen atoms in total. The highest BCUT2D eigenvalue weighted by atomic mass is 16.2. The molecule has 2 saturated heterocycles. The number of amides is 2. The predicted molar refractivity (Wildman–Crippen MR) is 82.3 cm³/mol. The maximum atomic E-state index is 12.5. The molecule has 3 heterocycles. The van der Waals surface area contributed by atoms with Crippen molar-refractivity contribution in [3.63, 3.8) is 0 Å². The fraction of sp³-hybridized carbons (Fsp3) is 0.625. The van der Waals surface area contributed by atoms with Crippen molar-refractivity contribution in [3.05, 3.63) is 17.8 Å². The lowest BCUT2D eigenvalue weighted by Gasteiger charge is -2.44. The van der Waals surface area contributed by atoms with Crippen molar-refractivity contribution < 1.29 is 9.59 Å². The minimum Gasteiger partial charge on any atom is -0.335 e. The number of anilines is 1. The van der Waals surface area contributed by atoms with Gasteiger partial charge in [0.15, 0.2) is 5.82 Å². The van der Waals surface area contributed by atoms with Crippen LogP contribution in [-0.4, -0.2) is 45.5 Å². The summed E-state index contributed by atoms with van der Waals surface area (Å²) in [5.74, 6) is 0.764. The summed E-state index contributed by atoms with van der Waals surface area (Å²) >= 11 is 0. The van der Waals surface area contributed by atoms with Gasteiger partial charge in [0.2, 0.25) is 11.8 Å². The van der Waals surface area contributed by atoms with E-state index in [0.29, 0.717) is 25.2 Å². The minimum absolute atomic E-state index is 0.0361. The van der Waals surface area contributed by atoms with Crippen LogP contribution in [0.3, 0.4) is 0 Å². The topological polar surface area (TPSA) is 66.4 Å². The van der Waals surface area contributed by atoms with Crippen LogP contribution < -0.4 is 4.90 Å². The van der Waals surface area contributed by atoms with Crippen molar-refractivity contribution >= 4 is 17.6 Å². The molecule has 0 saturated carbocycles. The number of piperidine rings is 1. The van der Waals surface area contributed by atoms with Crippen LogP contribution in [-0.2, 0) is 9.59 Å². The molecule has 0 aliphatic carbocycles. The van der Waals surface area contributed by atoms with E-state index in [2.05, 4.69) is 10.2 Å². The summed E-state index contributed by atoms with van der Waals surface area (Å²) in [7, 11) is 0. The normalized spacial score (nSPS) is 25.1. The zero-order valence-corrected chi connectivity index (χ0v) is 13.2. The van der Waals surface area contributed by atoms with Gasteiger partial charge in [-0.25, -0.2) is 0 Å². The molecule has 0 radical (unpaired) electrons. The van der Waals surface area contributed by atoms with Gasteiger partial charge in [-0.2, -0.15) is 5.10 Å². The number of likely N-dealkylation sites (tertiary alicyclic amines) is 1. The first-order valence-corrected chi connectivity index (χ1v) is 7.97. The molecular formula is C16H22N4O2. The molecule has 0 bridgehead atoms. The number of carbonyl (C=O) groups excluding carboxylic acids is 2. The molecule has 0 N–H and O–H groups in total. The number of rotatable bonds is 2. The zero-order chi connectivity index (χ0) is 15.7. The molecule has 1 spiro atoms. The van der Waals surface area contributed by atoms with Gasteiger partial charge < -0.3 is 4.90 Å². The van der Waals surface area contributed by atoms with Crippen molar-refractivity contribution in [3.8, 4) is 0 Å². The molecule has 2 fully saturated rings.